The average molecular weight is 445 g/mol. The van der Waals surface area contributed by atoms with E-state index in [4.69, 9.17) is 0 Å². The number of nitrogens with zero attached hydrogens (tertiary/aromatic N) is 1. The summed E-state index contributed by atoms with van der Waals surface area (Å²) in [5, 5.41) is 3.29. The van der Waals surface area contributed by atoms with E-state index in [-0.39, 0.29) is 17.9 Å². The number of carbonyl (C=O) groups is 1. The van der Waals surface area contributed by atoms with Gasteiger partial charge in [-0.1, -0.05) is 12.5 Å². The van der Waals surface area contributed by atoms with Crippen molar-refractivity contribution >= 4 is 15.9 Å². The molecule has 2 bridgehead atoms. The van der Waals surface area contributed by atoms with Gasteiger partial charge >= 0.3 is 0 Å². The Balaban J connectivity index is 1.17. The molecule has 1 N–H and O–H groups in total. The number of carbonyl (C=O) groups excluding carboxylic acids is 1. The van der Waals surface area contributed by atoms with Crippen molar-refractivity contribution in [2.45, 2.75) is 82.1 Å². The molecule has 0 radical (unpaired) electrons. The highest BCUT2D eigenvalue weighted by Crippen LogP contribution is 2.49. The zero-order valence-corrected chi connectivity index (χ0v) is 19.5. The molecule has 0 unspecified atom stereocenters. The molecule has 1 heterocycles. The number of hydrogen-bond donors (Lipinski definition) is 1. The highest BCUT2D eigenvalue weighted by Gasteiger charge is 2.42. The van der Waals surface area contributed by atoms with E-state index in [9.17, 15) is 13.2 Å². The summed E-state index contributed by atoms with van der Waals surface area (Å²) >= 11 is 0. The summed E-state index contributed by atoms with van der Waals surface area (Å²) in [6, 6.07) is 5.90. The Bertz CT molecular complexity index is 936. The molecule has 5 rings (SSSR count). The normalized spacial score (nSPS) is 30.2. The van der Waals surface area contributed by atoms with Crippen LogP contribution < -0.4 is 5.32 Å². The molecule has 6 heteroatoms. The minimum Gasteiger partial charge on any atom is -0.353 e. The monoisotopic (exact) mass is 444 g/mol. The van der Waals surface area contributed by atoms with E-state index in [0.29, 0.717) is 36.7 Å². The van der Waals surface area contributed by atoms with Crippen molar-refractivity contribution in [3.63, 3.8) is 0 Å². The van der Waals surface area contributed by atoms with Crippen molar-refractivity contribution in [3.05, 3.63) is 29.3 Å². The standard InChI is InChI=1S/C25H36N2O3S/c1-17(24-15-18-6-7-22(24)14-18)26-25(28)20-10-12-27(13-11-20)31(29,30)23-9-8-19-4-2-3-5-21(19)16-23/h8-9,16-18,20,22,24H,2-7,10-15H2,1H3,(H,26,28)/t17-,18-,22-,24-/m0/s1. The fourth-order valence-corrected chi connectivity index (χ4v) is 8.25. The first-order valence-corrected chi connectivity index (χ1v) is 13.8. The number of piperidine rings is 1. The van der Waals surface area contributed by atoms with Crippen LogP contribution in [0.5, 0.6) is 0 Å². The number of amides is 1. The Hall–Kier alpha value is -1.40. The molecule has 1 aliphatic heterocycles. The number of benzene rings is 1. The van der Waals surface area contributed by atoms with Crippen molar-refractivity contribution in [2.24, 2.45) is 23.7 Å². The van der Waals surface area contributed by atoms with Crippen molar-refractivity contribution in [3.8, 4) is 0 Å². The SMILES string of the molecule is C[C@H](NC(=O)C1CCN(S(=O)(=O)c2ccc3c(c2)CCCC3)CC1)[C@@H]1C[C@H]2CC[C@H]1C2. The minimum atomic E-state index is -3.48. The molecule has 3 aliphatic carbocycles. The molecule has 3 fully saturated rings. The van der Waals surface area contributed by atoms with Crippen LogP contribution in [0.15, 0.2) is 23.1 Å². The third-order valence-electron chi connectivity index (χ3n) is 8.59. The lowest BCUT2D eigenvalue weighted by Gasteiger charge is -2.33. The van der Waals surface area contributed by atoms with E-state index < -0.39 is 10.0 Å². The summed E-state index contributed by atoms with van der Waals surface area (Å²) in [4.78, 5) is 13.3. The summed E-state index contributed by atoms with van der Waals surface area (Å²) in [7, 11) is -3.48. The number of aryl methyl sites for hydroxylation is 2. The van der Waals surface area contributed by atoms with Crippen molar-refractivity contribution in [1.82, 2.24) is 9.62 Å². The van der Waals surface area contributed by atoms with Crippen LogP contribution in [0.25, 0.3) is 0 Å². The van der Waals surface area contributed by atoms with E-state index in [1.165, 1.54) is 43.2 Å². The van der Waals surface area contributed by atoms with Gasteiger partial charge in [0.15, 0.2) is 0 Å². The predicted octanol–water partition coefficient (Wildman–Crippen LogP) is 3.91. The Morgan fingerprint density at radius 3 is 2.45 bits per heavy atom. The summed E-state index contributed by atoms with van der Waals surface area (Å²) < 4.78 is 28.0. The summed E-state index contributed by atoms with van der Waals surface area (Å²) in [6.07, 6.45) is 10.9. The highest BCUT2D eigenvalue weighted by molar-refractivity contribution is 7.89. The molecule has 31 heavy (non-hydrogen) atoms. The fourth-order valence-electron chi connectivity index (χ4n) is 6.73. The van der Waals surface area contributed by atoms with Gasteiger partial charge in [-0.3, -0.25) is 4.79 Å². The average Bonchev–Trinajstić information content (AvgIpc) is 3.43. The third kappa shape index (κ3) is 4.18. The van der Waals surface area contributed by atoms with Gasteiger partial charge in [-0.15, -0.1) is 0 Å². The largest absolute Gasteiger partial charge is 0.353 e. The number of rotatable bonds is 5. The Kier molecular flexibility index (Phi) is 5.89. The van der Waals surface area contributed by atoms with E-state index in [2.05, 4.69) is 12.2 Å². The first kappa shape index (κ1) is 21.4. The number of sulfonamides is 1. The van der Waals surface area contributed by atoms with E-state index in [0.717, 1.165) is 31.1 Å². The van der Waals surface area contributed by atoms with Crippen LogP contribution in [0.3, 0.4) is 0 Å². The second-order valence-corrected chi connectivity index (χ2v) is 12.4. The van der Waals surface area contributed by atoms with Crippen LogP contribution in [0.2, 0.25) is 0 Å². The first-order valence-electron chi connectivity index (χ1n) is 12.3. The van der Waals surface area contributed by atoms with Gasteiger partial charge in [0, 0.05) is 25.0 Å². The van der Waals surface area contributed by atoms with Gasteiger partial charge in [-0.25, -0.2) is 8.42 Å². The molecular formula is C25H36N2O3S. The number of nitrogens with one attached hydrogen (secondary N) is 1. The Labute approximate surface area is 187 Å². The molecule has 1 aromatic rings. The second kappa shape index (κ2) is 8.51. The Morgan fingerprint density at radius 2 is 1.77 bits per heavy atom. The lowest BCUT2D eigenvalue weighted by Crippen LogP contribution is -2.47. The number of hydrogen-bond acceptors (Lipinski definition) is 3. The molecule has 4 atom stereocenters. The summed E-state index contributed by atoms with van der Waals surface area (Å²) in [5.74, 6) is 2.36. The zero-order valence-electron chi connectivity index (χ0n) is 18.7. The molecule has 170 valence electrons. The van der Waals surface area contributed by atoms with Crippen LogP contribution in [0.1, 0.15) is 69.4 Å². The molecule has 1 aromatic carbocycles. The van der Waals surface area contributed by atoms with Crippen LogP contribution in [0, 0.1) is 23.7 Å². The van der Waals surface area contributed by atoms with E-state index >= 15 is 0 Å². The molecule has 0 spiro atoms. The van der Waals surface area contributed by atoms with Gasteiger partial charge in [-0.2, -0.15) is 4.31 Å². The smallest absolute Gasteiger partial charge is 0.243 e. The van der Waals surface area contributed by atoms with Gasteiger partial charge in [0.2, 0.25) is 15.9 Å². The van der Waals surface area contributed by atoms with Crippen molar-refractivity contribution < 1.29 is 13.2 Å². The number of fused-ring (bicyclic) bond motifs is 3. The summed E-state index contributed by atoms with van der Waals surface area (Å²) in [5.41, 5.74) is 2.49. The summed E-state index contributed by atoms with van der Waals surface area (Å²) in [6.45, 7) is 3.03. The molecular weight excluding hydrogens is 408 g/mol. The van der Waals surface area contributed by atoms with Crippen molar-refractivity contribution in [2.75, 3.05) is 13.1 Å². The van der Waals surface area contributed by atoms with Crippen molar-refractivity contribution in [1.29, 1.82) is 0 Å². The third-order valence-corrected chi connectivity index (χ3v) is 10.5. The van der Waals surface area contributed by atoms with Gasteiger partial charge in [-0.05, 0) is 106 Å². The molecule has 2 saturated carbocycles. The molecule has 1 amide bonds. The van der Waals surface area contributed by atoms with Gasteiger partial charge < -0.3 is 5.32 Å². The van der Waals surface area contributed by atoms with Crippen LogP contribution in [-0.4, -0.2) is 37.8 Å². The quantitative estimate of drug-likeness (QED) is 0.749. The van der Waals surface area contributed by atoms with E-state index in [1.54, 1.807) is 10.4 Å². The second-order valence-electron chi connectivity index (χ2n) is 10.5. The first-order chi connectivity index (χ1) is 14.9. The van der Waals surface area contributed by atoms with Gasteiger partial charge in [0.1, 0.15) is 0 Å². The molecule has 4 aliphatic rings. The van der Waals surface area contributed by atoms with Crippen LogP contribution in [-0.2, 0) is 27.7 Å². The maximum atomic E-state index is 13.2. The lowest BCUT2D eigenvalue weighted by atomic mass is 9.83. The van der Waals surface area contributed by atoms with Crippen LogP contribution in [0.4, 0.5) is 0 Å². The fraction of sp³-hybridized carbons (Fsp3) is 0.720. The zero-order chi connectivity index (χ0) is 21.6. The minimum absolute atomic E-state index is 0.0731. The predicted molar refractivity (Wildman–Crippen MR) is 121 cm³/mol. The molecule has 1 saturated heterocycles. The van der Waals surface area contributed by atoms with Gasteiger partial charge in [0.25, 0.3) is 0 Å². The Morgan fingerprint density at radius 1 is 1.03 bits per heavy atom. The maximum Gasteiger partial charge on any atom is 0.243 e. The maximum absolute atomic E-state index is 13.2. The lowest BCUT2D eigenvalue weighted by molar-refractivity contribution is -0.127. The topological polar surface area (TPSA) is 66.5 Å². The van der Waals surface area contributed by atoms with Gasteiger partial charge in [0.05, 0.1) is 4.90 Å². The van der Waals surface area contributed by atoms with E-state index in [1.807, 2.05) is 12.1 Å². The molecule has 0 aromatic heterocycles. The highest BCUT2D eigenvalue weighted by atomic mass is 32.2. The van der Waals surface area contributed by atoms with Crippen LogP contribution >= 0.6 is 0 Å². The molecule has 5 nitrogen and oxygen atoms in total.